The Morgan fingerprint density at radius 2 is 2.00 bits per heavy atom. The van der Waals surface area contributed by atoms with Crippen molar-refractivity contribution in [1.82, 2.24) is 0 Å². The minimum absolute atomic E-state index is 0.131. The molecule has 0 aliphatic rings. The van der Waals surface area contributed by atoms with Crippen molar-refractivity contribution >= 4 is 11.9 Å². The van der Waals surface area contributed by atoms with E-state index in [1.165, 1.54) is 0 Å². The summed E-state index contributed by atoms with van der Waals surface area (Å²) < 4.78 is 5.09. The molecule has 19 heavy (non-hydrogen) atoms. The Balaban J connectivity index is 4.15. The number of carbonyl (C=O) groups excluding carboxylic acids is 1. The summed E-state index contributed by atoms with van der Waals surface area (Å²) in [4.78, 5) is 25.2. The highest BCUT2D eigenvalue weighted by molar-refractivity contribution is 5.78. The normalized spacial score (nSPS) is 12.4. The molecule has 0 aromatic rings. The van der Waals surface area contributed by atoms with E-state index < -0.39 is 23.5 Å². The van der Waals surface area contributed by atoms with Gasteiger partial charge in [0.1, 0.15) is 5.60 Å². The second kappa shape index (κ2) is 8.37. The number of unbranched alkanes of at least 4 members (excludes halogenated alkanes) is 1. The fourth-order valence-corrected chi connectivity index (χ4v) is 1.52. The van der Waals surface area contributed by atoms with Crippen LogP contribution in [0.4, 0.5) is 0 Å². The van der Waals surface area contributed by atoms with E-state index in [1.54, 1.807) is 20.8 Å². The molecule has 0 saturated heterocycles. The lowest BCUT2D eigenvalue weighted by molar-refractivity contribution is -0.160. The predicted molar refractivity (Wildman–Crippen MR) is 69.5 cm³/mol. The smallest absolute Gasteiger partial charge is 0.307 e. The van der Waals surface area contributed by atoms with Gasteiger partial charge in [0, 0.05) is 11.5 Å². The van der Waals surface area contributed by atoms with E-state index in [2.05, 4.69) is 10.0 Å². The maximum atomic E-state index is 11.6. The van der Waals surface area contributed by atoms with Crippen LogP contribution in [0.1, 0.15) is 46.5 Å². The van der Waals surface area contributed by atoms with Crippen molar-refractivity contribution in [3.63, 3.8) is 0 Å². The Morgan fingerprint density at radius 1 is 1.37 bits per heavy atom. The summed E-state index contributed by atoms with van der Waals surface area (Å²) in [6, 6.07) is 0. The maximum Gasteiger partial charge on any atom is 0.307 e. The fourth-order valence-electron chi connectivity index (χ4n) is 1.52. The van der Waals surface area contributed by atoms with Crippen LogP contribution in [0.3, 0.4) is 0 Å². The fraction of sp³-hybridized carbons (Fsp3) is 0.833. The number of nitrogens with zero attached hydrogens (tertiary/aromatic N) is 3. The van der Waals surface area contributed by atoms with Gasteiger partial charge in [-0.3, -0.25) is 9.59 Å². The second-order valence-corrected chi connectivity index (χ2v) is 5.28. The van der Waals surface area contributed by atoms with Crippen LogP contribution < -0.4 is 0 Å². The molecule has 0 unspecified atom stereocenters. The van der Waals surface area contributed by atoms with E-state index in [-0.39, 0.29) is 6.42 Å². The molecule has 7 heteroatoms. The van der Waals surface area contributed by atoms with Gasteiger partial charge in [-0.2, -0.15) is 0 Å². The molecule has 7 nitrogen and oxygen atoms in total. The van der Waals surface area contributed by atoms with E-state index in [0.29, 0.717) is 25.8 Å². The van der Waals surface area contributed by atoms with Crippen molar-refractivity contribution in [2.75, 3.05) is 6.54 Å². The highest BCUT2D eigenvalue weighted by atomic mass is 16.6. The van der Waals surface area contributed by atoms with Crippen LogP contribution in [0, 0.1) is 5.92 Å². The third-order valence-electron chi connectivity index (χ3n) is 2.31. The summed E-state index contributed by atoms with van der Waals surface area (Å²) in [6.45, 7) is 5.55. The number of aliphatic carboxylic acids is 1. The zero-order chi connectivity index (χ0) is 14.9. The monoisotopic (exact) mass is 271 g/mol. The van der Waals surface area contributed by atoms with Crippen molar-refractivity contribution in [3.8, 4) is 0 Å². The molecule has 108 valence electrons. The van der Waals surface area contributed by atoms with E-state index in [0.717, 1.165) is 0 Å². The SMILES string of the molecule is CC(C)(C)OC(=O)C[C@H](CCCCN=[N+]=[N-])C(=O)O. The topological polar surface area (TPSA) is 112 Å². The Hall–Kier alpha value is -1.75. The first kappa shape index (κ1) is 17.2. The van der Waals surface area contributed by atoms with E-state index >= 15 is 0 Å². The molecule has 0 rings (SSSR count). The van der Waals surface area contributed by atoms with Crippen molar-refractivity contribution in [2.24, 2.45) is 11.0 Å². The van der Waals surface area contributed by atoms with Crippen LogP contribution in [-0.2, 0) is 14.3 Å². The molecule has 0 bridgehead atoms. The van der Waals surface area contributed by atoms with Crippen LogP contribution in [0.2, 0.25) is 0 Å². The maximum absolute atomic E-state index is 11.6. The first-order valence-corrected chi connectivity index (χ1v) is 6.22. The number of esters is 1. The highest BCUT2D eigenvalue weighted by Crippen LogP contribution is 2.17. The summed E-state index contributed by atoms with van der Waals surface area (Å²) in [5.74, 6) is -2.26. The van der Waals surface area contributed by atoms with Gasteiger partial charge in [-0.05, 0) is 39.1 Å². The molecule has 0 aromatic heterocycles. The summed E-state index contributed by atoms with van der Waals surface area (Å²) in [5, 5.41) is 12.4. The third kappa shape index (κ3) is 9.91. The molecule has 0 saturated carbocycles. The van der Waals surface area contributed by atoms with E-state index in [9.17, 15) is 9.59 Å². The number of ether oxygens (including phenoxy) is 1. The number of carboxylic acid groups (broad SMARTS) is 1. The Labute approximate surface area is 112 Å². The first-order chi connectivity index (χ1) is 8.76. The van der Waals surface area contributed by atoms with Crippen LogP contribution in [0.15, 0.2) is 5.11 Å². The van der Waals surface area contributed by atoms with Crippen LogP contribution in [0.25, 0.3) is 10.4 Å². The Kier molecular flexibility index (Phi) is 7.60. The van der Waals surface area contributed by atoms with Crippen molar-refractivity contribution < 1.29 is 19.4 Å². The third-order valence-corrected chi connectivity index (χ3v) is 2.31. The van der Waals surface area contributed by atoms with Crippen molar-refractivity contribution in [3.05, 3.63) is 10.4 Å². The number of hydrogen-bond acceptors (Lipinski definition) is 4. The van der Waals surface area contributed by atoms with Gasteiger partial charge < -0.3 is 9.84 Å². The average Bonchev–Trinajstić information content (AvgIpc) is 2.24. The van der Waals surface area contributed by atoms with Gasteiger partial charge in [0.05, 0.1) is 12.3 Å². The van der Waals surface area contributed by atoms with Gasteiger partial charge in [-0.1, -0.05) is 11.5 Å². The molecule has 0 fully saturated rings. The van der Waals surface area contributed by atoms with Crippen LogP contribution >= 0.6 is 0 Å². The standard InChI is InChI=1S/C12H21N3O4/c1-12(2,3)19-10(16)8-9(11(17)18)6-4-5-7-14-15-13/h9H,4-8H2,1-3H3,(H,17,18)/t9-/m0/s1. The van der Waals surface area contributed by atoms with E-state index in [4.69, 9.17) is 15.4 Å². The number of rotatable bonds is 8. The Bertz CT molecular complexity index is 356. The summed E-state index contributed by atoms with van der Waals surface area (Å²) in [6.07, 6.45) is 1.45. The highest BCUT2D eigenvalue weighted by Gasteiger charge is 2.24. The largest absolute Gasteiger partial charge is 0.481 e. The molecule has 0 heterocycles. The molecular weight excluding hydrogens is 250 g/mol. The van der Waals surface area contributed by atoms with Gasteiger partial charge in [-0.15, -0.1) is 0 Å². The molecule has 0 radical (unpaired) electrons. The van der Waals surface area contributed by atoms with Gasteiger partial charge in [0.15, 0.2) is 0 Å². The molecular formula is C12H21N3O4. The van der Waals surface area contributed by atoms with Crippen LogP contribution in [0.5, 0.6) is 0 Å². The molecule has 0 amide bonds. The lowest BCUT2D eigenvalue weighted by atomic mass is 9.98. The number of azide groups is 1. The minimum atomic E-state index is -1.00. The number of hydrogen-bond donors (Lipinski definition) is 1. The Morgan fingerprint density at radius 3 is 2.47 bits per heavy atom. The minimum Gasteiger partial charge on any atom is -0.481 e. The quantitative estimate of drug-likeness (QED) is 0.240. The van der Waals surface area contributed by atoms with Gasteiger partial charge in [-0.25, -0.2) is 0 Å². The van der Waals surface area contributed by atoms with E-state index in [1.807, 2.05) is 0 Å². The molecule has 0 aliphatic carbocycles. The lowest BCUT2D eigenvalue weighted by Gasteiger charge is -2.21. The zero-order valence-electron chi connectivity index (χ0n) is 11.6. The number of carboxylic acids is 1. The predicted octanol–water partition coefficient (Wildman–Crippen LogP) is 2.90. The van der Waals surface area contributed by atoms with Crippen molar-refractivity contribution in [2.45, 2.75) is 52.1 Å². The van der Waals surface area contributed by atoms with Gasteiger partial charge in [0.2, 0.25) is 0 Å². The summed E-state index contributed by atoms with van der Waals surface area (Å²) in [7, 11) is 0. The second-order valence-electron chi connectivity index (χ2n) is 5.28. The first-order valence-electron chi connectivity index (χ1n) is 6.22. The van der Waals surface area contributed by atoms with Crippen molar-refractivity contribution in [1.29, 1.82) is 0 Å². The average molecular weight is 271 g/mol. The molecule has 1 atom stereocenters. The molecule has 0 aliphatic heterocycles. The molecule has 0 aromatic carbocycles. The van der Waals surface area contributed by atoms with Gasteiger partial charge in [0.25, 0.3) is 0 Å². The van der Waals surface area contributed by atoms with Crippen LogP contribution in [-0.4, -0.2) is 29.2 Å². The number of carbonyl (C=O) groups is 2. The van der Waals surface area contributed by atoms with Gasteiger partial charge >= 0.3 is 11.9 Å². The summed E-state index contributed by atoms with van der Waals surface area (Å²) >= 11 is 0. The zero-order valence-corrected chi connectivity index (χ0v) is 11.6. The summed E-state index contributed by atoms with van der Waals surface area (Å²) in [5.41, 5.74) is 7.48. The molecule has 1 N–H and O–H groups in total. The lowest BCUT2D eigenvalue weighted by Crippen LogP contribution is -2.27. The molecule has 0 spiro atoms.